The Morgan fingerprint density at radius 3 is 2.80 bits per heavy atom. The van der Waals surface area contributed by atoms with Crippen molar-refractivity contribution in [1.82, 2.24) is 5.32 Å². The fraction of sp³-hybridized carbons (Fsp3) is 0.857. The molecule has 2 unspecified atom stereocenters. The van der Waals surface area contributed by atoms with Crippen LogP contribution in [-0.4, -0.2) is 13.1 Å². The Hall–Kier alpha value is -0.300. The zero-order valence-electron chi connectivity index (χ0n) is 10.3. The molecule has 0 aromatic rings. The Morgan fingerprint density at radius 2 is 2.13 bits per heavy atom. The molecule has 0 aromatic carbocycles. The van der Waals surface area contributed by atoms with Crippen LogP contribution in [0.1, 0.15) is 51.9 Å². The van der Waals surface area contributed by atoms with Crippen LogP contribution >= 0.6 is 0 Å². The molecule has 0 saturated heterocycles. The lowest BCUT2D eigenvalue weighted by Gasteiger charge is -2.10. The SMILES string of the molecule is C=CCCCCCNCC1CCC(C)C1. The molecule has 0 amide bonds. The summed E-state index contributed by atoms with van der Waals surface area (Å²) < 4.78 is 0. The molecule has 1 aliphatic rings. The Morgan fingerprint density at radius 1 is 1.27 bits per heavy atom. The van der Waals surface area contributed by atoms with Gasteiger partial charge in [-0.15, -0.1) is 6.58 Å². The molecule has 1 N–H and O–H groups in total. The van der Waals surface area contributed by atoms with Crippen molar-refractivity contribution in [3.63, 3.8) is 0 Å². The second kappa shape index (κ2) is 7.92. The van der Waals surface area contributed by atoms with Gasteiger partial charge in [0.2, 0.25) is 0 Å². The summed E-state index contributed by atoms with van der Waals surface area (Å²) in [6.07, 6.45) is 11.5. The van der Waals surface area contributed by atoms with Crippen LogP contribution in [-0.2, 0) is 0 Å². The Balaban J connectivity index is 1.82. The summed E-state index contributed by atoms with van der Waals surface area (Å²) in [7, 11) is 0. The maximum Gasteiger partial charge on any atom is -0.00204 e. The van der Waals surface area contributed by atoms with Gasteiger partial charge >= 0.3 is 0 Å². The fourth-order valence-corrected chi connectivity index (χ4v) is 2.53. The molecule has 15 heavy (non-hydrogen) atoms. The van der Waals surface area contributed by atoms with E-state index < -0.39 is 0 Å². The van der Waals surface area contributed by atoms with E-state index in [0.29, 0.717) is 0 Å². The van der Waals surface area contributed by atoms with E-state index in [9.17, 15) is 0 Å². The first-order chi connectivity index (χ1) is 7.33. The summed E-state index contributed by atoms with van der Waals surface area (Å²) in [6, 6.07) is 0. The van der Waals surface area contributed by atoms with Gasteiger partial charge in [-0.2, -0.15) is 0 Å². The lowest BCUT2D eigenvalue weighted by Crippen LogP contribution is -2.22. The lowest BCUT2D eigenvalue weighted by molar-refractivity contribution is 0.464. The van der Waals surface area contributed by atoms with Crippen LogP contribution < -0.4 is 5.32 Å². The van der Waals surface area contributed by atoms with E-state index in [0.717, 1.165) is 11.8 Å². The molecular weight excluding hydrogens is 182 g/mol. The van der Waals surface area contributed by atoms with Crippen molar-refractivity contribution in [2.75, 3.05) is 13.1 Å². The van der Waals surface area contributed by atoms with Gasteiger partial charge in [-0.25, -0.2) is 0 Å². The van der Waals surface area contributed by atoms with Crippen molar-refractivity contribution in [3.8, 4) is 0 Å². The van der Waals surface area contributed by atoms with Crippen LogP contribution in [0.5, 0.6) is 0 Å². The zero-order valence-corrected chi connectivity index (χ0v) is 10.3. The largest absolute Gasteiger partial charge is 0.316 e. The highest BCUT2D eigenvalue weighted by molar-refractivity contribution is 4.74. The van der Waals surface area contributed by atoms with E-state index in [4.69, 9.17) is 0 Å². The molecule has 1 fully saturated rings. The van der Waals surface area contributed by atoms with Crippen LogP contribution in [0.3, 0.4) is 0 Å². The Kier molecular flexibility index (Phi) is 6.74. The van der Waals surface area contributed by atoms with E-state index in [1.807, 2.05) is 6.08 Å². The third-order valence-corrected chi connectivity index (χ3v) is 3.50. The van der Waals surface area contributed by atoms with Crippen LogP contribution in [0.4, 0.5) is 0 Å². The van der Waals surface area contributed by atoms with Gasteiger partial charge in [0.1, 0.15) is 0 Å². The molecule has 0 heterocycles. The maximum atomic E-state index is 3.74. The summed E-state index contributed by atoms with van der Waals surface area (Å²) in [5, 5.41) is 3.60. The second-order valence-corrected chi connectivity index (χ2v) is 5.13. The summed E-state index contributed by atoms with van der Waals surface area (Å²) >= 11 is 0. The first kappa shape index (κ1) is 12.8. The van der Waals surface area contributed by atoms with E-state index in [1.165, 1.54) is 58.0 Å². The molecule has 88 valence electrons. The second-order valence-electron chi connectivity index (χ2n) is 5.13. The van der Waals surface area contributed by atoms with E-state index >= 15 is 0 Å². The van der Waals surface area contributed by atoms with E-state index in [2.05, 4.69) is 18.8 Å². The van der Waals surface area contributed by atoms with Gasteiger partial charge in [-0.3, -0.25) is 0 Å². The number of unbranched alkanes of at least 4 members (excludes halogenated alkanes) is 3. The van der Waals surface area contributed by atoms with Gasteiger partial charge in [-0.1, -0.05) is 25.8 Å². The number of allylic oxidation sites excluding steroid dienone is 1. The molecule has 1 rings (SSSR count). The zero-order chi connectivity index (χ0) is 10.9. The monoisotopic (exact) mass is 209 g/mol. The number of hydrogen-bond acceptors (Lipinski definition) is 1. The molecule has 0 bridgehead atoms. The predicted molar refractivity (Wildman–Crippen MR) is 68.0 cm³/mol. The van der Waals surface area contributed by atoms with Gasteiger partial charge in [0.15, 0.2) is 0 Å². The van der Waals surface area contributed by atoms with Crippen LogP contribution in [0.2, 0.25) is 0 Å². The number of rotatable bonds is 8. The molecule has 0 spiro atoms. The highest BCUT2D eigenvalue weighted by Crippen LogP contribution is 2.29. The first-order valence-electron chi connectivity index (χ1n) is 6.64. The summed E-state index contributed by atoms with van der Waals surface area (Å²) in [5.41, 5.74) is 0. The molecule has 2 atom stereocenters. The van der Waals surface area contributed by atoms with Crippen molar-refractivity contribution in [3.05, 3.63) is 12.7 Å². The minimum absolute atomic E-state index is 0.966. The van der Waals surface area contributed by atoms with Gasteiger partial charge in [0, 0.05) is 0 Å². The van der Waals surface area contributed by atoms with Gasteiger partial charge < -0.3 is 5.32 Å². The molecule has 1 saturated carbocycles. The Labute approximate surface area is 95.3 Å². The minimum atomic E-state index is 0.966. The summed E-state index contributed by atoms with van der Waals surface area (Å²) in [4.78, 5) is 0. The third kappa shape index (κ3) is 5.99. The van der Waals surface area contributed by atoms with Crippen molar-refractivity contribution >= 4 is 0 Å². The summed E-state index contributed by atoms with van der Waals surface area (Å²) in [5.74, 6) is 1.94. The average Bonchev–Trinajstić information content (AvgIpc) is 2.63. The first-order valence-corrected chi connectivity index (χ1v) is 6.64. The standard InChI is InChI=1S/C14H27N/c1-3-4-5-6-7-10-15-12-14-9-8-13(2)11-14/h3,13-15H,1,4-12H2,2H3. The van der Waals surface area contributed by atoms with Crippen LogP contribution in [0.25, 0.3) is 0 Å². The quantitative estimate of drug-likeness (QED) is 0.474. The van der Waals surface area contributed by atoms with Gasteiger partial charge in [0.25, 0.3) is 0 Å². The molecule has 1 nitrogen and oxygen atoms in total. The van der Waals surface area contributed by atoms with Gasteiger partial charge in [0.05, 0.1) is 0 Å². The average molecular weight is 209 g/mol. The van der Waals surface area contributed by atoms with E-state index in [-0.39, 0.29) is 0 Å². The number of nitrogens with one attached hydrogen (secondary N) is 1. The Bertz CT molecular complexity index is 165. The maximum absolute atomic E-state index is 3.74. The number of hydrogen-bond donors (Lipinski definition) is 1. The molecule has 1 heteroatoms. The topological polar surface area (TPSA) is 12.0 Å². The molecular formula is C14H27N. The van der Waals surface area contributed by atoms with Crippen LogP contribution in [0, 0.1) is 11.8 Å². The highest BCUT2D eigenvalue weighted by atomic mass is 14.9. The molecule has 0 aliphatic heterocycles. The highest BCUT2D eigenvalue weighted by Gasteiger charge is 2.20. The fourth-order valence-electron chi connectivity index (χ4n) is 2.53. The van der Waals surface area contributed by atoms with Crippen molar-refractivity contribution in [2.24, 2.45) is 11.8 Å². The smallest absolute Gasteiger partial charge is 0.00204 e. The van der Waals surface area contributed by atoms with Crippen molar-refractivity contribution in [2.45, 2.75) is 51.9 Å². The normalized spacial score (nSPS) is 25.7. The molecule has 1 aliphatic carbocycles. The molecule has 0 radical (unpaired) electrons. The van der Waals surface area contributed by atoms with Crippen LogP contribution in [0.15, 0.2) is 12.7 Å². The van der Waals surface area contributed by atoms with Crippen molar-refractivity contribution < 1.29 is 0 Å². The summed E-state index contributed by atoms with van der Waals surface area (Å²) in [6.45, 7) is 8.59. The van der Waals surface area contributed by atoms with E-state index in [1.54, 1.807) is 0 Å². The van der Waals surface area contributed by atoms with Crippen molar-refractivity contribution in [1.29, 1.82) is 0 Å². The van der Waals surface area contributed by atoms with Gasteiger partial charge in [-0.05, 0) is 57.0 Å². The molecule has 0 aromatic heterocycles. The third-order valence-electron chi connectivity index (χ3n) is 3.50. The minimum Gasteiger partial charge on any atom is -0.316 e. The lowest BCUT2D eigenvalue weighted by atomic mass is 10.1. The predicted octanol–water partition coefficient (Wildman–Crippen LogP) is 3.76.